The summed E-state index contributed by atoms with van der Waals surface area (Å²) in [5, 5.41) is 0. The molecule has 0 amide bonds. The number of H-pyrrole nitrogens is 1. The summed E-state index contributed by atoms with van der Waals surface area (Å²) in [5.41, 5.74) is 1.80. The molecule has 1 fully saturated rings. The molecule has 2 aromatic heterocycles. The van der Waals surface area contributed by atoms with E-state index in [2.05, 4.69) is 26.7 Å². The summed E-state index contributed by atoms with van der Waals surface area (Å²) in [7, 11) is 2.00. The van der Waals surface area contributed by atoms with Gasteiger partial charge >= 0.3 is 0 Å². The second-order valence-corrected chi connectivity index (χ2v) is 7.42. The van der Waals surface area contributed by atoms with Crippen molar-refractivity contribution in [1.82, 2.24) is 24.4 Å². The minimum Gasteiger partial charge on any atom is -0.342 e. The molecule has 0 aliphatic carbocycles. The zero-order valence-corrected chi connectivity index (χ0v) is 15.0. The molecule has 7 heteroatoms. The minimum atomic E-state index is 0.0165. The van der Waals surface area contributed by atoms with Crippen LogP contribution in [0.2, 0.25) is 0 Å². The Labute approximate surface area is 147 Å². The molecule has 2 aliphatic heterocycles. The van der Waals surface area contributed by atoms with E-state index in [4.69, 9.17) is 4.98 Å². The van der Waals surface area contributed by atoms with Gasteiger partial charge in [-0.3, -0.25) is 14.7 Å². The number of rotatable bonds is 3. The molecular weight excluding hydrogens is 316 g/mol. The second kappa shape index (κ2) is 6.63. The number of fused-ring (bicyclic) bond motifs is 1. The topological polar surface area (TPSA) is 70.1 Å². The fourth-order valence-corrected chi connectivity index (χ4v) is 3.88. The van der Waals surface area contributed by atoms with Crippen molar-refractivity contribution >= 4 is 5.95 Å². The van der Waals surface area contributed by atoms with Crippen molar-refractivity contribution in [3.05, 3.63) is 39.8 Å². The molecule has 2 aliphatic rings. The van der Waals surface area contributed by atoms with Crippen LogP contribution >= 0.6 is 0 Å². The number of anilines is 1. The molecule has 0 spiro atoms. The summed E-state index contributed by atoms with van der Waals surface area (Å²) < 4.78 is 2.03. The van der Waals surface area contributed by atoms with Crippen molar-refractivity contribution in [2.75, 3.05) is 24.5 Å². The standard InChI is InChI=1S/C18H26N6O/c1-13-4-3-7-24(10-13)18-20-15-5-8-23(11-14(15)17(25)21-18)12-16-19-6-9-22(16)2/h6,9,13H,3-5,7-8,10-12H2,1-2H3,(H,20,21,25)/t13-/m1/s1. The predicted molar refractivity (Wildman–Crippen MR) is 96.5 cm³/mol. The highest BCUT2D eigenvalue weighted by molar-refractivity contribution is 5.35. The lowest BCUT2D eigenvalue weighted by Gasteiger charge is -2.33. The van der Waals surface area contributed by atoms with Gasteiger partial charge in [-0.15, -0.1) is 0 Å². The molecule has 1 saturated heterocycles. The zero-order chi connectivity index (χ0) is 17.4. The number of hydrogen-bond acceptors (Lipinski definition) is 5. The smallest absolute Gasteiger partial charge is 0.257 e. The molecule has 0 aromatic carbocycles. The third-order valence-electron chi connectivity index (χ3n) is 5.38. The Hall–Kier alpha value is -2.15. The van der Waals surface area contributed by atoms with Crippen molar-refractivity contribution in [2.24, 2.45) is 13.0 Å². The van der Waals surface area contributed by atoms with Crippen LogP contribution in [-0.4, -0.2) is 44.1 Å². The average Bonchev–Trinajstić information content (AvgIpc) is 3.00. The van der Waals surface area contributed by atoms with Crippen LogP contribution in [0.3, 0.4) is 0 Å². The Kier molecular flexibility index (Phi) is 4.33. The lowest BCUT2D eigenvalue weighted by atomic mass is 10.0. The van der Waals surface area contributed by atoms with E-state index in [1.165, 1.54) is 12.8 Å². The first-order valence-electron chi connectivity index (χ1n) is 9.15. The maximum Gasteiger partial charge on any atom is 0.257 e. The molecule has 4 rings (SSSR count). The Morgan fingerprint density at radius 3 is 3.00 bits per heavy atom. The number of aromatic nitrogens is 4. The monoisotopic (exact) mass is 342 g/mol. The molecule has 7 nitrogen and oxygen atoms in total. The Bertz CT molecular complexity index is 810. The number of nitrogens with zero attached hydrogens (tertiary/aromatic N) is 5. The number of hydrogen-bond donors (Lipinski definition) is 1. The van der Waals surface area contributed by atoms with E-state index in [1.807, 2.05) is 24.0 Å². The maximum absolute atomic E-state index is 12.7. The van der Waals surface area contributed by atoms with E-state index >= 15 is 0 Å². The molecule has 1 atom stereocenters. The minimum absolute atomic E-state index is 0.0165. The van der Waals surface area contributed by atoms with Gasteiger partial charge in [0.25, 0.3) is 5.56 Å². The van der Waals surface area contributed by atoms with Crippen LogP contribution in [0.4, 0.5) is 5.95 Å². The summed E-state index contributed by atoms with van der Waals surface area (Å²) in [5.74, 6) is 2.43. The molecule has 4 heterocycles. The lowest BCUT2D eigenvalue weighted by molar-refractivity contribution is 0.233. The van der Waals surface area contributed by atoms with Gasteiger partial charge in [-0.1, -0.05) is 6.92 Å². The highest BCUT2D eigenvalue weighted by Gasteiger charge is 2.24. The van der Waals surface area contributed by atoms with Gasteiger partial charge in [0.05, 0.1) is 17.8 Å². The number of piperidine rings is 1. The average molecular weight is 342 g/mol. The normalized spacial score (nSPS) is 21.4. The first-order valence-corrected chi connectivity index (χ1v) is 9.15. The van der Waals surface area contributed by atoms with E-state index in [-0.39, 0.29) is 5.56 Å². The van der Waals surface area contributed by atoms with Crippen LogP contribution in [0.25, 0.3) is 0 Å². The SMILES string of the molecule is C[C@@H]1CCCN(c2nc3c(c(=O)[nH]2)CN(Cc2nccn2C)CC3)C1. The molecular formula is C18H26N6O. The van der Waals surface area contributed by atoms with Gasteiger partial charge in [0.15, 0.2) is 0 Å². The first kappa shape index (κ1) is 16.3. The Morgan fingerprint density at radius 1 is 1.36 bits per heavy atom. The number of aryl methyl sites for hydroxylation is 1. The van der Waals surface area contributed by atoms with Gasteiger partial charge in [-0.2, -0.15) is 0 Å². The van der Waals surface area contributed by atoms with Crippen LogP contribution in [0.5, 0.6) is 0 Å². The fraction of sp³-hybridized carbons (Fsp3) is 0.611. The van der Waals surface area contributed by atoms with Crippen LogP contribution in [0.1, 0.15) is 36.8 Å². The molecule has 25 heavy (non-hydrogen) atoms. The van der Waals surface area contributed by atoms with Crippen molar-refractivity contribution < 1.29 is 0 Å². The van der Waals surface area contributed by atoms with Crippen LogP contribution in [0.15, 0.2) is 17.2 Å². The van der Waals surface area contributed by atoms with Gasteiger partial charge in [-0.25, -0.2) is 9.97 Å². The van der Waals surface area contributed by atoms with Gasteiger partial charge in [0.1, 0.15) is 5.82 Å². The Morgan fingerprint density at radius 2 is 2.24 bits per heavy atom. The van der Waals surface area contributed by atoms with Gasteiger partial charge < -0.3 is 9.47 Å². The van der Waals surface area contributed by atoms with Gasteiger partial charge in [-0.05, 0) is 18.8 Å². The fourth-order valence-electron chi connectivity index (χ4n) is 3.88. The summed E-state index contributed by atoms with van der Waals surface area (Å²) in [4.78, 5) is 29.4. The first-order chi connectivity index (χ1) is 12.1. The molecule has 0 bridgehead atoms. The predicted octanol–water partition coefficient (Wildman–Crippen LogP) is 1.30. The second-order valence-electron chi connectivity index (χ2n) is 7.42. The summed E-state index contributed by atoms with van der Waals surface area (Å²) in [6.45, 7) is 6.53. The largest absolute Gasteiger partial charge is 0.342 e. The lowest BCUT2D eigenvalue weighted by Crippen LogP contribution is -2.40. The quantitative estimate of drug-likeness (QED) is 0.910. The third kappa shape index (κ3) is 3.33. The maximum atomic E-state index is 12.7. The number of aromatic amines is 1. The van der Waals surface area contributed by atoms with Crippen molar-refractivity contribution in [3.8, 4) is 0 Å². The zero-order valence-electron chi connectivity index (χ0n) is 15.0. The van der Waals surface area contributed by atoms with Crippen LogP contribution < -0.4 is 10.5 Å². The van der Waals surface area contributed by atoms with Crippen molar-refractivity contribution in [1.29, 1.82) is 0 Å². The summed E-state index contributed by atoms with van der Waals surface area (Å²) in [6.07, 6.45) is 7.01. The highest BCUT2D eigenvalue weighted by Crippen LogP contribution is 2.22. The molecule has 1 N–H and O–H groups in total. The van der Waals surface area contributed by atoms with Crippen molar-refractivity contribution in [2.45, 2.75) is 39.3 Å². The summed E-state index contributed by atoms with van der Waals surface area (Å²) in [6, 6.07) is 0. The van der Waals surface area contributed by atoms with E-state index in [0.29, 0.717) is 12.5 Å². The van der Waals surface area contributed by atoms with Gasteiger partial charge in [0.2, 0.25) is 5.95 Å². The number of nitrogens with one attached hydrogen (secondary N) is 1. The molecule has 134 valence electrons. The highest BCUT2D eigenvalue weighted by atomic mass is 16.1. The van der Waals surface area contributed by atoms with Crippen LogP contribution in [-0.2, 0) is 26.6 Å². The number of imidazole rings is 1. The Balaban J connectivity index is 1.53. The molecule has 0 unspecified atom stereocenters. The van der Waals surface area contributed by atoms with Crippen molar-refractivity contribution in [3.63, 3.8) is 0 Å². The summed E-state index contributed by atoms with van der Waals surface area (Å²) >= 11 is 0. The van der Waals surface area contributed by atoms with Gasteiger partial charge in [0, 0.05) is 52.0 Å². The van der Waals surface area contributed by atoms with E-state index in [9.17, 15) is 4.79 Å². The third-order valence-corrected chi connectivity index (χ3v) is 5.38. The molecule has 0 radical (unpaired) electrons. The van der Waals surface area contributed by atoms with E-state index in [0.717, 1.165) is 55.6 Å². The van der Waals surface area contributed by atoms with E-state index in [1.54, 1.807) is 0 Å². The van der Waals surface area contributed by atoms with Crippen LogP contribution in [0, 0.1) is 5.92 Å². The molecule has 2 aromatic rings. The molecule has 0 saturated carbocycles. The van der Waals surface area contributed by atoms with E-state index < -0.39 is 0 Å².